The average Bonchev–Trinajstić information content (AvgIpc) is 2.64. The summed E-state index contributed by atoms with van der Waals surface area (Å²) in [5.74, 6) is 0. The van der Waals surface area contributed by atoms with Gasteiger partial charge in [0.25, 0.3) is 11.4 Å². The summed E-state index contributed by atoms with van der Waals surface area (Å²) in [6.45, 7) is 0. The summed E-state index contributed by atoms with van der Waals surface area (Å²) in [5.41, 5.74) is 0.117. The second kappa shape index (κ2) is 4.86. The van der Waals surface area contributed by atoms with Gasteiger partial charge in [-0.3, -0.25) is 20.2 Å². The van der Waals surface area contributed by atoms with Crippen molar-refractivity contribution in [1.29, 1.82) is 0 Å². The van der Waals surface area contributed by atoms with Crippen LogP contribution in [0.15, 0.2) is 60.7 Å². The number of benzene rings is 5. The fourth-order valence-electron chi connectivity index (χ4n) is 4.00. The molecule has 0 saturated carbocycles. The first-order chi connectivity index (χ1) is 12.6. The molecule has 0 amide bonds. The molecule has 5 aromatic carbocycles. The normalized spacial score (nSPS) is 11.7. The van der Waals surface area contributed by atoms with Crippen LogP contribution in [0.3, 0.4) is 0 Å². The first-order valence-corrected chi connectivity index (χ1v) is 7.99. The lowest BCUT2D eigenvalue weighted by Crippen LogP contribution is -1.94. The highest BCUT2D eigenvalue weighted by Crippen LogP contribution is 2.44. The number of nitrogens with zero attached hydrogens (tertiary/aromatic N) is 2. The van der Waals surface area contributed by atoms with Gasteiger partial charge in [-0.1, -0.05) is 24.3 Å². The number of fused-ring (bicyclic) bond motifs is 2. The molecule has 0 N–H and O–H groups in total. The van der Waals surface area contributed by atoms with Crippen molar-refractivity contribution in [3.63, 3.8) is 0 Å². The van der Waals surface area contributed by atoms with E-state index >= 15 is 0 Å². The van der Waals surface area contributed by atoms with Crippen molar-refractivity contribution in [3.8, 4) is 0 Å². The van der Waals surface area contributed by atoms with Crippen LogP contribution < -0.4 is 0 Å². The SMILES string of the molecule is O=[N+]([O-])c1ccc2c3cccc4c([N+](=O)[O-])ccc(c5cccc1c52)c43. The van der Waals surface area contributed by atoms with Crippen LogP contribution in [0.5, 0.6) is 0 Å². The Labute approximate surface area is 145 Å². The molecule has 0 unspecified atom stereocenters. The fraction of sp³-hybridized carbons (Fsp3) is 0. The highest BCUT2D eigenvalue weighted by atomic mass is 16.6. The van der Waals surface area contributed by atoms with Crippen LogP contribution in [0.25, 0.3) is 43.1 Å². The molecular formula is C20H10N2O4. The zero-order valence-electron chi connectivity index (χ0n) is 13.3. The first-order valence-electron chi connectivity index (χ1n) is 7.99. The lowest BCUT2D eigenvalue weighted by molar-refractivity contribution is -0.383. The summed E-state index contributed by atoms with van der Waals surface area (Å²) in [5, 5.41) is 29.1. The van der Waals surface area contributed by atoms with E-state index in [9.17, 15) is 20.2 Å². The van der Waals surface area contributed by atoms with Gasteiger partial charge in [-0.25, -0.2) is 0 Å². The zero-order valence-corrected chi connectivity index (χ0v) is 13.3. The van der Waals surface area contributed by atoms with E-state index < -0.39 is 0 Å². The number of rotatable bonds is 2. The van der Waals surface area contributed by atoms with Crippen molar-refractivity contribution < 1.29 is 9.85 Å². The quantitative estimate of drug-likeness (QED) is 0.182. The second-order valence-corrected chi connectivity index (χ2v) is 6.23. The molecule has 0 fully saturated rings. The predicted octanol–water partition coefficient (Wildman–Crippen LogP) is 5.55. The van der Waals surface area contributed by atoms with Crippen LogP contribution in [-0.2, 0) is 0 Å². The third-order valence-corrected chi connectivity index (χ3v) is 5.01. The van der Waals surface area contributed by atoms with Crippen molar-refractivity contribution in [2.45, 2.75) is 0 Å². The average molecular weight is 342 g/mol. The van der Waals surface area contributed by atoms with Crippen molar-refractivity contribution in [3.05, 3.63) is 80.9 Å². The van der Waals surface area contributed by atoms with E-state index in [1.165, 1.54) is 12.1 Å². The molecule has 0 atom stereocenters. The molecular weight excluding hydrogens is 332 g/mol. The van der Waals surface area contributed by atoms with Crippen LogP contribution in [0, 0.1) is 20.2 Å². The minimum absolute atomic E-state index is 0.0585. The Morgan fingerprint density at radius 1 is 0.500 bits per heavy atom. The minimum atomic E-state index is -0.380. The molecule has 0 heterocycles. The third kappa shape index (κ3) is 1.70. The summed E-state index contributed by atoms with van der Waals surface area (Å²) < 4.78 is 0. The van der Waals surface area contributed by atoms with Crippen molar-refractivity contribution in [2.24, 2.45) is 0 Å². The molecule has 0 spiro atoms. The Hall–Kier alpha value is -3.80. The number of hydrogen-bond donors (Lipinski definition) is 0. The van der Waals surface area contributed by atoms with E-state index in [-0.39, 0.29) is 21.2 Å². The Morgan fingerprint density at radius 3 is 1.23 bits per heavy atom. The van der Waals surface area contributed by atoms with E-state index in [4.69, 9.17) is 0 Å². The molecule has 6 heteroatoms. The fourth-order valence-corrected chi connectivity index (χ4v) is 4.00. The smallest absolute Gasteiger partial charge is 0.258 e. The zero-order chi connectivity index (χ0) is 18.0. The van der Waals surface area contributed by atoms with E-state index in [1.807, 2.05) is 12.1 Å². The van der Waals surface area contributed by atoms with Gasteiger partial charge in [0, 0.05) is 22.9 Å². The van der Waals surface area contributed by atoms with E-state index in [0.29, 0.717) is 10.8 Å². The summed E-state index contributed by atoms with van der Waals surface area (Å²) >= 11 is 0. The maximum Gasteiger partial charge on any atom is 0.277 e. The predicted molar refractivity (Wildman–Crippen MR) is 101 cm³/mol. The molecule has 6 nitrogen and oxygen atoms in total. The van der Waals surface area contributed by atoms with E-state index in [1.54, 1.807) is 36.4 Å². The maximum absolute atomic E-state index is 11.4. The molecule has 5 rings (SSSR count). The molecule has 0 aliphatic carbocycles. The van der Waals surface area contributed by atoms with Gasteiger partial charge in [0.2, 0.25) is 0 Å². The largest absolute Gasteiger partial charge is 0.277 e. The summed E-state index contributed by atoms with van der Waals surface area (Å²) in [7, 11) is 0. The topological polar surface area (TPSA) is 86.3 Å². The van der Waals surface area contributed by atoms with Crippen LogP contribution in [0.1, 0.15) is 0 Å². The van der Waals surface area contributed by atoms with Gasteiger partial charge in [0.05, 0.1) is 20.6 Å². The van der Waals surface area contributed by atoms with Gasteiger partial charge in [-0.05, 0) is 45.8 Å². The van der Waals surface area contributed by atoms with Crippen molar-refractivity contribution in [2.75, 3.05) is 0 Å². The van der Waals surface area contributed by atoms with Gasteiger partial charge in [0.1, 0.15) is 0 Å². The van der Waals surface area contributed by atoms with Crippen LogP contribution in [0.2, 0.25) is 0 Å². The standard InChI is InChI=1S/C20H10N2O4/c23-21(24)17-9-8-14-12-4-2-6-16-18(22(25)26)10-7-13(20(12)16)11-3-1-5-15(17)19(11)14/h1-10H. The summed E-state index contributed by atoms with van der Waals surface area (Å²) in [6, 6.07) is 17.4. The van der Waals surface area contributed by atoms with Crippen LogP contribution in [-0.4, -0.2) is 9.85 Å². The van der Waals surface area contributed by atoms with Gasteiger partial charge < -0.3 is 0 Å². The van der Waals surface area contributed by atoms with Crippen molar-refractivity contribution >= 4 is 54.5 Å². The number of nitro benzene ring substituents is 2. The van der Waals surface area contributed by atoms with E-state index in [0.717, 1.165) is 32.3 Å². The molecule has 0 saturated heterocycles. The van der Waals surface area contributed by atoms with Gasteiger partial charge in [-0.15, -0.1) is 0 Å². The van der Waals surface area contributed by atoms with Crippen molar-refractivity contribution in [1.82, 2.24) is 0 Å². The molecule has 5 aromatic rings. The molecule has 26 heavy (non-hydrogen) atoms. The Morgan fingerprint density at radius 2 is 0.846 bits per heavy atom. The molecule has 124 valence electrons. The Bertz CT molecular complexity index is 1260. The Balaban J connectivity index is 2.15. The second-order valence-electron chi connectivity index (χ2n) is 6.23. The molecule has 0 aliphatic rings. The lowest BCUT2D eigenvalue weighted by Gasteiger charge is -2.14. The summed E-state index contributed by atoms with van der Waals surface area (Å²) in [6.07, 6.45) is 0. The molecule has 0 aliphatic heterocycles. The van der Waals surface area contributed by atoms with Gasteiger partial charge in [0.15, 0.2) is 0 Å². The molecule has 0 aromatic heterocycles. The lowest BCUT2D eigenvalue weighted by atomic mass is 9.89. The van der Waals surface area contributed by atoms with Crippen LogP contribution >= 0.6 is 0 Å². The minimum Gasteiger partial charge on any atom is -0.258 e. The maximum atomic E-state index is 11.4. The highest BCUT2D eigenvalue weighted by Gasteiger charge is 2.21. The monoisotopic (exact) mass is 342 g/mol. The highest BCUT2D eigenvalue weighted by molar-refractivity contribution is 6.34. The number of nitro groups is 2. The first kappa shape index (κ1) is 14.5. The third-order valence-electron chi connectivity index (χ3n) is 5.01. The van der Waals surface area contributed by atoms with Crippen LogP contribution in [0.4, 0.5) is 11.4 Å². The number of hydrogen-bond acceptors (Lipinski definition) is 4. The van der Waals surface area contributed by atoms with Gasteiger partial charge >= 0.3 is 0 Å². The Kier molecular flexibility index (Phi) is 2.72. The number of non-ortho nitro benzene ring substituents is 2. The molecule has 0 bridgehead atoms. The molecule has 0 radical (unpaired) electrons. The van der Waals surface area contributed by atoms with Gasteiger partial charge in [-0.2, -0.15) is 0 Å². The summed E-state index contributed by atoms with van der Waals surface area (Å²) in [4.78, 5) is 22.1. The van der Waals surface area contributed by atoms with E-state index in [2.05, 4.69) is 0 Å².